The lowest BCUT2D eigenvalue weighted by Gasteiger charge is -2.14. The van der Waals surface area contributed by atoms with E-state index in [0.29, 0.717) is 10.8 Å². The summed E-state index contributed by atoms with van der Waals surface area (Å²) < 4.78 is 0. The van der Waals surface area contributed by atoms with Crippen molar-refractivity contribution in [1.29, 1.82) is 0 Å². The van der Waals surface area contributed by atoms with Crippen molar-refractivity contribution in [2.45, 2.75) is 23.8 Å². The SMILES string of the molecule is Cc1ccnc(S[C@H]2CC(=O)N(c3ccc([N+](=O)[O-])cc3)C2=O)n1. The number of thioether (sulfide) groups is 1. The molecule has 24 heavy (non-hydrogen) atoms. The lowest BCUT2D eigenvalue weighted by Crippen LogP contribution is -2.31. The highest BCUT2D eigenvalue weighted by atomic mass is 32.2. The summed E-state index contributed by atoms with van der Waals surface area (Å²) in [5, 5.41) is 10.5. The van der Waals surface area contributed by atoms with E-state index in [4.69, 9.17) is 0 Å². The number of rotatable bonds is 4. The fourth-order valence-electron chi connectivity index (χ4n) is 2.30. The normalized spacial score (nSPS) is 17.4. The van der Waals surface area contributed by atoms with Crippen molar-refractivity contribution in [2.24, 2.45) is 0 Å². The third-order valence-corrected chi connectivity index (χ3v) is 4.50. The number of nitrogens with zero attached hydrogens (tertiary/aromatic N) is 4. The quantitative estimate of drug-likeness (QED) is 0.362. The largest absolute Gasteiger partial charge is 0.274 e. The number of carbonyl (C=O) groups excluding carboxylic acids is 2. The Morgan fingerprint density at radius 1 is 1.25 bits per heavy atom. The number of nitro benzene ring substituents is 1. The number of imide groups is 1. The average Bonchev–Trinajstić information content (AvgIpc) is 2.81. The van der Waals surface area contributed by atoms with Gasteiger partial charge in [0.1, 0.15) is 5.25 Å². The standard InChI is InChI=1S/C15H12N4O4S/c1-9-6-7-16-15(17-9)24-12-8-13(20)18(14(12)21)10-2-4-11(5-3-10)19(22)23/h2-7,12H,8H2,1H3/t12-/m0/s1. The first kappa shape index (κ1) is 16.1. The molecule has 1 saturated heterocycles. The zero-order chi connectivity index (χ0) is 17.3. The van der Waals surface area contributed by atoms with Crippen LogP contribution in [0.2, 0.25) is 0 Å². The molecule has 1 aliphatic heterocycles. The number of hydrogen-bond donors (Lipinski definition) is 0. The Labute approximate surface area is 141 Å². The second-order valence-electron chi connectivity index (χ2n) is 5.13. The van der Waals surface area contributed by atoms with Crippen molar-refractivity contribution in [3.8, 4) is 0 Å². The van der Waals surface area contributed by atoms with Crippen molar-refractivity contribution in [2.75, 3.05) is 4.90 Å². The van der Waals surface area contributed by atoms with E-state index < -0.39 is 10.2 Å². The molecule has 2 amide bonds. The molecular weight excluding hydrogens is 332 g/mol. The van der Waals surface area contributed by atoms with Gasteiger partial charge in [-0.15, -0.1) is 0 Å². The Kier molecular flexibility index (Phi) is 4.26. The molecule has 0 N–H and O–H groups in total. The van der Waals surface area contributed by atoms with Crippen LogP contribution >= 0.6 is 11.8 Å². The number of carbonyl (C=O) groups is 2. The lowest BCUT2D eigenvalue weighted by atomic mass is 10.2. The van der Waals surface area contributed by atoms with Crippen molar-refractivity contribution in [3.63, 3.8) is 0 Å². The molecule has 1 aromatic carbocycles. The topological polar surface area (TPSA) is 106 Å². The number of anilines is 1. The molecular formula is C15H12N4O4S. The highest BCUT2D eigenvalue weighted by Gasteiger charge is 2.40. The van der Waals surface area contributed by atoms with Crippen molar-refractivity contribution < 1.29 is 14.5 Å². The summed E-state index contributed by atoms with van der Waals surface area (Å²) in [5.74, 6) is -0.719. The van der Waals surface area contributed by atoms with Crippen LogP contribution in [0, 0.1) is 17.0 Å². The first-order valence-electron chi connectivity index (χ1n) is 7.03. The van der Waals surface area contributed by atoms with E-state index in [1.165, 1.54) is 24.3 Å². The number of hydrogen-bond acceptors (Lipinski definition) is 7. The van der Waals surface area contributed by atoms with Crippen LogP contribution < -0.4 is 4.90 Å². The van der Waals surface area contributed by atoms with Gasteiger partial charge in [0, 0.05) is 30.4 Å². The highest BCUT2D eigenvalue weighted by molar-refractivity contribution is 8.00. The summed E-state index contributed by atoms with van der Waals surface area (Å²) in [6.45, 7) is 1.82. The van der Waals surface area contributed by atoms with Gasteiger partial charge in [-0.25, -0.2) is 14.9 Å². The lowest BCUT2D eigenvalue weighted by molar-refractivity contribution is -0.384. The van der Waals surface area contributed by atoms with Gasteiger partial charge in [0.2, 0.25) is 11.8 Å². The maximum atomic E-state index is 12.5. The van der Waals surface area contributed by atoms with Gasteiger partial charge in [0.05, 0.1) is 10.6 Å². The zero-order valence-corrected chi connectivity index (χ0v) is 13.4. The second-order valence-corrected chi connectivity index (χ2v) is 6.30. The van der Waals surface area contributed by atoms with Gasteiger partial charge in [-0.3, -0.25) is 19.7 Å². The minimum absolute atomic E-state index is 0.0395. The van der Waals surface area contributed by atoms with Crippen molar-refractivity contribution in [3.05, 3.63) is 52.3 Å². The van der Waals surface area contributed by atoms with Crippen molar-refractivity contribution in [1.82, 2.24) is 9.97 Å². The summed E-state index contributed by atoms with van der Waals surface area (Å²) in [6.07, 6.45) is 1.64. The molecule has 1 aromatic heterocycles. The molecule has 1 atom stereocenters. The third kappa shape index (κ3) is 3.11. The predicted octanol–water partition coefficient (Wildman–Crippen LogP) is 2.12. The molecule has 0 radical (unpaired) electrons. The molecule has 9 heteroatoms. The van der Waals surface area contributed by atoms with Gasteiger partial charge >= 0.3 is 0 Å². The number of aromatic nitrogens is 2. The molecule has 0 aliphatic carbocycles. The van der Waals surface area contributed by atoms with Crippen LogP contribution in [0.4, 0.5) is 11.4 Å². The maximum Gasteiger partial charge on any atom is 0.269 e. The van der Waals surface area contributed by atoms with Crippen LogP contribution in [-0.4, -0.2) is 32.0 Å². The first-order valence-corrected chi connectivity index (χ1v) is 7.91. The van der Waals surface area contributed by atoms with E-state index in [9.17, 15) is 19.7 Å². The summed E-state index contributed by atoms with van der Waals surface area (Å²) >= 11 is 1.14. The van der Waals surface area contributed by atoms with Gasteiger partial charge in [0.15, 0.2) is 5.16 Å². The molecule has 122 valence electrons. The maximum absolute atomic E-state index is 12.5. The molecule has 2 heterocycles. The van der Waals surface area contributed by atoms with Crippen LogP contribution in [-0.2, 0) is 9.59 Å². The van der Waals surface area contributed by atoms with E-state index in [0.717, 1.165) is 22.4 Å². The van der Waals surface area contributed by atoms with Gasteiger partial charge in [-0.2, -0.15) is 0 Å². The number of non-ortho nitro benzene ring substituents is 1. The summed E-state index contributed by atoms with van der Waals surface area (Å²) in [5.41, 5.74) is 0.997. The van der Waals surface area contributed by atoms with E-state index >= 15 is 0 Å². The summed E-state index contributed by atoms with van der Waals surface area (Å²) in [6, 6.07) is 7.06. The number of aryl methyl sites for hydroxylation is 1. The molecule has 1 fully saturated rings. The molecule has 8 nitrogen and oxygen atoms in total. The smallest absolute Gasteiger partial charge is 0.269 e. The minimum Gasteiger partial charge on any atom is -0.274 e. The first-order chi connectivity index (χ1) is 11.5. The predicted molar refractivity (Wildman–Crippen MR) is 86.6 cm³/mol. The number of nitro groups is 1. The molecule has 0 bridgehead atoms. The highest BCUT2D eigenvalue weighted by Crippen LogP contribution is 2.33. The van der Waals surface area contributed by atoms with Gasteiger partial charge in [0.25, 0.3) is 5.69 Å². The molecule has 1 aliphatic rings. The molecule has 0 spiro atoms. The Morgan fingerprint density at radius 2 is 1.96 bits per heavy atom. The summed E-state index contributed by atoms with van der Waals surface area (Å²) in [4.78, 5) is 44.2. The van der Waals surface area contributed by atoms with Crippen LogP contribution in [0.5, 0.6) is 0 Å². The fraction of sp³-hybridized carbons (Fsp3) is 0.200. The molecule has 3 rings (SSSR count). The van der Waals surface area contributed by atoms with Crippen LogP contribution in [0.3, 0.4) is 0 Å². The van der Waals surface area contributed by atoms with Crippen LogP contribution in [0.1, 0.15) is 12.1 Å². The number of amides is 2. The van der Waals surface area contributed by atoms with Gasteiger partial charge in [-0.1, -0.05) is 11.8 Å². The fourth-order valence-corrected chi connectivity index (χ4v) is 3.31. The third-order valence-electron chi connectivity index (χ3n) is 3.44. The van der Waals surface area contributed by atoms with Gasteiger partial charge < -0.3 is 0 Å². The molecule has 2 aromatic rings. The van der Waals surface area contributed by atoms with Crippen LogP contribution in [0.15, 0.2) is 41.7 Å². The van der Waals surface area contributed by atoms with Crippen molar-refractivity contribution >= 4 is 35.0 Å². The number of benzene rings is 1. The monoisotopic (exact) mass is 344 g/mol. The summed E-state index contributed by atoms with van der Waals surface area (Å²) in [7, 11) is 0. The van der Waals surface area contributed by atoms with E-state index in [1.54, 1.807) is 12.3 Å². The minimum atomic E-state index is -0.602. The van der Waals surface area contributed by atoms with Gasteiger partial charge in [-0.05, 0) is 25.1 Å². The second kappa shape index (κ2) is 6.36. The van der Waals surface area contributed by atoms with E-state index in [-0.39, 0.29) is 23.9 Å². The van der Waals surface area contributed by atoms with E-state index in [2.05, 4.69) is 9.97 Å². The Morgan fingerprint density at radius 3 is 2.58 bits per heavy atom. The average molecular weight is 344 g/mol. The zero-order valence-electron chi connectivity index (χ0n) is 12.6. The Balaban J connectivity index is 1.80. The van der Waals surface area contributed by atoms with Crippen LogP contribution in [0.25, 0.3) is 0 Å². The Hall–Kier alpha value is -2.81. The Bertz CT molecular complexity index is 824. The van der Waals surface area contributed by atoms with E-state index in [1.807, 2.05) is 6.92 Å². The molecule has 0 saturated carbocycles. The molecule has 0 unspecified atom stereocenters.